The normalized spacial score (nSPS) is 15.8. The molecule has 1 rings (SSSR count). The molecule has 3 nitrogen and oxygen atoms in total. The van der Waals surface area contributed by atoms with E-state index in [1.54, 1.807) is 20.8 Å². The molecule has 1 aromatic carbocycles. The summed E-state index contributed by atoms with van der Waals surface area (Å²) in [4.78, 5) is 11.8. The summed E-state index contributed by atoms with van der Waals surface area (Å²) in [6.07, 6.45) is 0.448. The van der Waals surface area contributed by atoms with Crippen LogP contribution in [0.3, 0.4) is 0 Å². The maximum Gasteiger partial charge on any atom is 0.312 e. The molecule has 0 fully saturated rings. The Morgan fingerprint density at radius 2 is 1.94 bits per heavy atom. The summed E-state index contributed by atoms with van der Waals surface area (Å²) in [6.45, 7) is 5.34. The third-order valence-corrected chi connectivity index (χ3v) is 3.09. The predicted molar refractivity (Wildman–Crippen MR) is 66.4 cm³/mol. The molecule has 2 atom stereocenters. The number of halogens is 1. The molecule has 0 spiro atoms. The Balaban J connectivity index is 3.01. The van der Waals surface area contributed by atoms with Gasteiger partial charge in [-0.3, -0.25) is 4.79 Å². The van der Waals surface area contributed by atoms with Crippen molar-refractivity contribution in [2.45, 2.75) is 32.8 Å². The van der Waals surface area contributed by atoms with Crippen molar-refractivity contribution in [2.24, 2.45) is 5.92 Å². The van der Waals surface area contributed by atoms with Crippen molar-refractivity contribution in [1.82, 2.24) is 0 Å². The lowest BCUT2D eigenvalue weighted by molar-refractivity contribution is -0.158. The number of hydrogen-bond acceptors (Lipinski definition) is 3. The van der Waals surface area contributed by atoms with E-state index in [0.29, 0.717) is 12.0 Å². The molecule has 0 bridgehead atoms. The van der Waals surface area contributed by atoms with E-state index in [1.807, 2.05) is 0 Å². The predicted octanol–water partition coefficient (Wildman–Crippen LogP) is 2.62. The van der Waals surface area contributed by atoms with E-state index in [4.69, 9.17) is 4.74 Å². The van der Waals surface area contributed by atoms with Crippen LogP contribution in [-0.4, -0.2) is 17.7 Å². The Bertz CT molecular complexity index is 398. The van der Waals surface area contributed by atoms with Gasteiger partial charge in [0, 0.05) is 0 Å². The molecular weight excluding hydrogens is 235 g/mol. The van der Waals surface area contributed by atoms with Crippen molar-refractivity contribution in [2.75, 3.05) is 6.61 Å². The van der Waals surface area contributed by atoms with Crippen LogP contribution in [-0.2, 0) is 15.1 Å². The average molecular weight is 254 g/mol. The molecule has 0 radical (unpaired) electrons. The average Bonchev–Trinajstić information content (AvgIpc) is 2.30. The van der Waals surface area contributed by atoms with Gasteiger partial charge in [0.05, 0.1) is 12.5 Å². The van der Waals surface area contributed by atoms with E-state index < -0.39 is 17.5 Å². The van der Waals surface area contributed by atoms with Gasteiger partial charge in [0.25, 0.3) is 0 Å². The number of ether oxygens (including phenoxy) is 1. The first-order chi connectivity index (χ1) is 8.43. The van der Waals surface area contributed by atoms with Gasteiger partial charge in [-0.2, -0.15) is 0 Å². The fourth-order valence-electron chi connectivity index (χ4n) is 2.02. The third kappa shape index (κ3) is 3.07. The highest BCUT2D eigenvalue weighted by molar-refractivity contribution is 5.74. The largest absolute Gasteiger partial charge is 0.466 e. The highest BCUT2D eigenvalue weighted by atomic mass is 19.1. The summed E-state index contributed by atoms with van der Waals surface area (Å²) < 4.78 is 17.8. The summed E-state index contributed by atoms with van der Waals surface area (Å²) in [5.41, 5.74) is -0.863. The number of carbonyl (C=O) groups excluding carboxylic acids is 1. The van der Waals surface area contributed by atoms with Crippen molar-refractivity contribution in [1.29, 1.82) is 0 Å². The van der Waals surface area contributed by atoms with Gasteiger partial charge in [-0.05, 0) is 38.0 Å². The lowest BCUT2D eigenvalue weighted by Crippen LogP contribution is -2.38. The van der Waals surface area contributed by atoms with Crippen LogP contribution in [0.1, 0.15) is 32.8 Å². The Morgan fingerprint density at radius 1 is 1.39 bits per heavy atom. The van der Waals surface area contributed by atoms with Gasteiger partial charge in [-0.1, -0.05) is 19.1 Å². The first-order valence-corrected chi connectivity index (χ1v) is 6.08. The number of rotatable bonds is 5. The summed E-state index contributed by atoms with van der Waals surface area (Å²) in [6, 6.07) is 5.50. The summed E-state index contributed by atoms with van der Waals surface area (Å²) >= 11 is 0. The van der Waals surface area contributed by atoms with E-state index in [-0.39, 0.29) is 12.4 Å². The standard InChI is InChI=1S/C14H19FO3/c1-4-12(13(16)18-5-2)14(3,17)10-6-8-11(15)9-7-10/h6-9,12,17H,4-5H2,1-3H3. The first kappa shape index (κ1) is 14.6. The summed E-state index contributed by atoms with van der Waals surface area (Å²) in [5.74, 6) is -1.48. The molecular formula is C14H19FO3. The molecule has 0 saturated carbocycles. The quantitative estimate of drug-likeness (QED) is 0.822. The molecule has 4 heteroatoms. The fourth-order valence-corrected chi connectivity index (χ4v) is 2.02. The maximum absolute atomic E-state index is 12.9. The van der Waals surface area contributed by atoms with Crippen molar-refractivity contribution in [3.8, 4) is 0 Å². The molecule has 0 aromatic heterocycles. The maximum atomic E-state index is 12.9. The molecule has 0 aliphatic carbocycles. The number of benzene rings is 1. The number of carbonyl (C=O) groups is 1. The van der Waals surface area contributed by atoms with Crippen LogP contribution in [0, 0.1) is 11.7 Å². The first-order valence-electron chi connectivity index (χ1n) is 6.08. The van der Waals surface area contributed by atoms with Crippen molar-refractivity contribution in [3.05, 3.63) is 35.6 Å². The topological polar surface area (TPSA) is 46.5 Å². The van der Waals surface area contributed by atoms with E-state index in [9.17, 15) is 14.3 Å². The van der Waals surface area contributed by atoms with E-state index >= 15 is 0 Å². The molecule has 1 N–H and O–H groups in total. The Morgan fingerprint density at radius 3 is 2.39 bits per heavy atom. The SMILES string of the molecule is CCOC(=O)C(CC)C(C)(O)c1ccc(F)cc1. The number of hydrogen-bond donors (Lipinski definition) is 1. The molecule has 1 aromatic rings. The fraction of sp³-hybridized carbons (Fsp3) is 0.500. The minimum absolute atomic E-state index is 0.273. The highest BCUT2D eigenvalue weighted by Crippen LogP contribution is 2.32. The van der Waals surface area contributed by atoms with Crippen molar-refractivity contribution < 1.29 is 19.0 Å². The molecule has 0 aliphatic rings. The molecule has 0 amide bonds. The second-order valence-electron chi connectivity index (χ2n) is 4.37. The second-order valence-corrected chi connectivity index (χ2v) is 4.37. The van der Waals surface area contributed by atoms with Crippen molar-refractivity contribution >= 4 is 5.97 Å². The van der Waals surface area contributed by atoms with Gasteiger partial charge in [0.15, 0.2) is 0 Å². The molecule has 100 valence electrons. The Kier molecular flexibility index (Phi) is 4.84. The summed E-state index contributed by atoms with van der Waals surface area (Å²) in [5, 5.41) is 10.5. The monoisotopic (exact) mass is 254 g/mol. The van der Waals surface area contributed by atoms with Crippen LogP contribution >= 0.6 is 0 Å². The van der Waals surface area contributed by atoms with Crippen LogP contribution in [0.4, 0.5) is 4.39 Å². The summed E-state index contributed by atoms with van der Waals surface area (Å²) in [7, 11) is 0. The molecule has 0 aliphatic heterocycles. The number of aliphatic hydroxyl groups is 1. The molecule has 2 unspecified atom stereocenters. The van der Waals surface area contributed by atoms with E-state index in [1.165, 1.54) is 24.3 Å². The van der Waals surface area contributed by atoms with E-state index in [2.05, 4.69) is 0 Å². The Hall–Kier alpha value is -1.42. The molecule has 0 heterocycles. The van der Waals surface area contributed by atoms with Gasteiger partial charge in [0.2, 0.25) is 0 Å². The zero-order valence-corrected chi connectivity index (χ0v) is 10.9. The number of esters is 1. The van der Waals surface area contributed by atoms with Crippen LogP contribution < -0.4 is 0 Å². The van der Waals surface area contributed by atoms with Gasteiger partial charge in [-0.25, -0.2) is 4.39 Å². The van der Waals surface area contributed by atoms with Crippen LogP contribution in [0.2, 0.25) is 0 Å². The third-order valence-electron chi connectivity index (χ3n) is 3.09. The van der Waals surface area contributed by atoms with Gasteiger partial charge in [0.1, 0.15) is 11.4 Å². The van der Waals surface area contributed by atoms with Gasteiger partial charge < -0.3 is 9.84 Å². The zero-order valence-electron chi connectivity index (χ0n) is 10.9. The zero-order chi connectivity index (χ0) is 13.8. The molecule has 18 heavy (non-hydrogen) atoms. The van der Waals surface area contributed by atoms with E-state index in [0.717, 1.165) is 0 Å². The lowest BCUT2D eigenvalue weighted by Gasteiger charge is -2.31. The van der Waals surface area contributed by atoms with Gasteiger partial charge >= 0.3 is 5.97 Å². The smallest absolute Gasteiger partial charge is 0.312 e. The molecule has 0 saturated heterocycles. The van der Waals surface area contributed by atoms with Crippen molar-refractivity contribution in [3.63, 3.8) is 0 Å². The minimum atomic E-state index is -1.37. The van der Waals surface area contributed by atoms with Gasteiger partial charge in [-0.15, -0.1) is 0 Å². The van der Waals surface area contributed by atoms with Crippen LogP contribution in [0.15, 0.2) is 24.3 Å². The van der Waals surface area contributed by atoms with Crippen LogP contribution in [0.5, 0.6) is 0 Å². The second kappa shape index (κ2) is 5.96. The van der Waals surface area contributed by atoms with Crippen LogP contribution in [0.25, 0.3) is 0 Å². The highest BCUT2D eigenvalue weighted by Gasteiger charge is 2.38. The lowest BCUT2D eigenvalue weighted by atomic mass is 9.81. The Labute approximate surface area is 107 Å². The minimum Gasteiger partial charge on any atom is -0.466 e.